The molecule has 0 aliphatic carbocycles. The molecule has 1 atom stereocenters. The van der Waals surface area contributed by atoms with E-state index in [9.17, 15) is 4.79 Å². The first kappa shape index (κ1) is 17.0. The van der Waals surface area contributed by atoms with E-state index >= 15 is 0 Å². The summed E-state index contributed by atoms with van der Waals surface area (Å²) in [6.07, 6.45) is 0.965. The molecule has 0 aromatic carbocycles. The minimum Gasteiger partial charge on any atom is -1.00 e. The second-order valence-electron chi connectivity index (χ2n) is 1.83. The van der Waals surface area contributed by atoms with E-state index in [0.717, 1.165) is 6.42 Å². The van der Waals surface area contributed by atoms with Crippen molar-refractivity contribution in [1.29, 1.82) is 0 Å². The molecule has 0 saturated carbocycles. The van der Waals surface area contributed by atoms with Gasteiger partial charge in [0.2, 0.25) is 0 Å². The third-order valence-corrected chi connectivity index (χ3v) is 0.942. The molecular formula is C6H12ClNaO2. The van der Waals surface area contributed by atoms with Crippen molar-refractivity contribution in [2.24, 2.45) is 0 Å². The van der Waals surface area contributed by atoms with Gasteiger partial charge in [0.1, 0.15) is 0 Å². The molecule has 0 N–H and O–H groups in total. The molecule has 0 radical (unpaired) electrons. The van der Waals surface area contributed by atoms with Crippen LogP contribution in [0.1, 0.15) is 27.2 Å². The molecule has 0 aromatic rings. The van der Waals surface area contributed by atoms with Gasteiger partial charge in [-0.1, -0.05) is 6.92 Å². The van der Waals surface area contributed by atoms with E-state index in [2.05, 4.69) is 0 Å². The zero-order valence-corrected chi connectivity index (χ0v) is 9.73. The summed E-state index contributed by atoms with van der Waals surface area (Å²) in [5.41, 5.74) is 0. The van der Waals surface area contributed by atoms with Crippen molar-refractivity contribution in [3.63, 3.8) is 0 Å². The molecular weight excluding hydrogens is 163 g/mol. The Morgan fingerprint density at radius 2 is 2.00 bits per heavy atom. The minimum atomic E-state index is -0.195. The van der Waals surface area contributed by atoms with Gasteiger partial charge in [0.05, 0.1) is 6.10 Å². The summed E-state index contributed by atoms with van der Waals surface area (Å²) in [5, 5.41) is 0. The number of halogens is 1. The number of esters is 1. The number of rotatable bonds is 2. The molecule has 1 unspecified atom stereocenters. The molecule has 0 aliphatic heterocycles. The van der Waals surface area contributed by atoms with Crippen molar-refractivity contribution in [3.8, 4) is 0 Å². The monoisotopic (exact) mass is 174 g/mol. The third kappa shape index (κ3) is 11.5. The van der Waals surface area contributed by atoms with Gasteiger partial charge in [-0.25, -0.2) is 0 Å². The van der Waals surface area contributed by atoms with Crippen LogP contribution in [0, 0.1) is 0 Å². The molecule has 0 aliphatic rings. The Labute approximate surface area is 90.4 Å². The van der Waals surface area contributed by atoms with Gasteiger partial charge < -0.3 is 17.1 Å². The van der Waals surface area contributed by atoms with Crippen LogP contribution in [0.2, 0.25) is 0 Å². The van der Waals surface area contributed by atoms with Gasteiger partial charge in [-0.3, -0.25) is 4.79 Å². The fraction of sp³-hybridized carbons (Fsp3) is 0.833. The van der Waals surface area contributed by atoms with Crippen LogP contribution in [0.5, 0.6) is 0 Å². The molecule has 2 nitrogen and oxygen atoms in total. The molecule has 0 saturated heterocycles. The van der Waals surface area contributed by atoms with Gasteiger partial charge in [-0.15, -0.1) is 0 Å². The summed E-state index contributed by atoms with van der Waals surface area (Å²) in [7, 11) is 0. The van der Waals surface area contributed by atoms with Crippen molar-refractivity contribution >= 4 is 5.97 Å². The van der Waals surface area contributed by atoms with E-state index < -0.39 is 0 Å². The number of carbonyl (C=O) groups excluding carboxylic acids is 1. The van der Waals surface area contributed by atoms with Crippen LogP contribution in [0.25, 0.3) is 0 Å². The van der Waals surface area contributed by atoms with E-state index in [4.69, 9.17) is 4.74 Å². The summed E-state index contributed by atoms with van der Waals surface area (Å²) in [4.78, 5) is 10.2. The summed E-state index contributed by atoms with van der Waals surface area (Å²) >= 11 is 0. The molecule has 0 spiro atoms. The maximum absolute atomic E-state index is 10.2. The fourth-order valence-corrected chi connectivity index (χ4v) is 0.367. The van der Waals surface area contributed by atoms with Crippen molar-refractivity contribution < 1.29 is 51.5 Å². The molecule has 0 fully saturated rings. The first-order valence-electron chi connectivity index (χ1n) is 2.84. The van der Waals surface area contributed by atoms with E-state index in [1.807, 2.05) is 13.8 Å². The normalized spacial score (nSPS) is 10.3. The summed E-state index contributed by atoms with van der Waals surface area (Å²) in [6, 6.07) is 0. The molecule has 0 bridgehead atoms. The SMILES string of the molecule is CCC(C)OC(C)=O.[Cl-].[Na+]. The maximum Gasteiger partial charge on any atom is 1.00 e. The summed E-state index contributed by atoms with van der Waals surface area (Å²) in [6.45, 7) is 5.28. The van der Waals surface area contributed by atoms with Crippen LogP contribution < -0.4 is 42.0 Å². The topological polar surface area (TPSA) is 26.3 Å². The Balaban J connectivity index is -0.000000245. The average Bonchev–Trinajstić information content (AvgIpc) is 1.65. The van der Waals surface area contributed by atoms with E-state index in [1.54, 1.807) is 0 Å². The number of hydrogen-bond donors (Lipinski definition) is 0. The second kappa shape index (κ2) is 9.76. The second-order valence-corrected chi connectivity index (χ2v) is 1.83. The van der Waals surface area contributed by atoms with Crippen LogP contribution in [0.4, 0.5) is 0 Å². The van der Waals surface area contributed by atoms with Gasteiger partial charge in [0, 0.05) is 6.92 Å². The van der Waals surface area contributed by atoms with Crippen molar-refractivity contribution in [2.45, 2.75) is 33.3 Å². The Morgan fingerprint density at radius 1 is 1.60 bits per heavy atom. The average molecular weight is 175 g/mol. The number of ether oxygens (including phenoxy) is 1. The largest absolute Gasteiger partial charge is 1.00 e. The van der Waals surface area contributed by atoms with Crippen molar-refractivity contribution in [3.05, 3.63) is 0 Å². The summed E-state index contributed by atoms with van der Waals surface area (Å²) in [5.74, 6) is -0.195. The van der Waals surface area contributed by atoms with Gasteiger partial charge in [-0.05, 0) is 13.3 Å². The van der Waals surface area contributed by atoms with Crippen LogP contribution in [-0.4, -0.2) is 12.1 Å². The Morgan fingerprint density at radius 3 is 2.10 bits per heavy atom. The van der Waals surface area contributed by atoms with Crippen LogP contribution in [0.15, 0.2) is 0 Å². The van der Waals surface area contributed by atoms with E-state index in [0.29, 0.717) is 0 Å². The molecule has 0 rings (SSSR count). The van der Waals surface area contributed by atoms with Crippen LogP contribution >= 0.6 is 0 Å². The van der Waals surface area contributed by atoms with Gasteiger partial charge in [0.15, 0.2) is 0 Å². The van der Waals surface area contributed by atoms with E-state index in [1.165, 1.54) is 6.92 Å². The van der Waals surface area contributed by atoms with Gasteiger partial charge >= 0.3 is 35.5 Å². The van der Waals surface area contributed by atoms with Crippen molar-refractivity contribution in [1.82, 2.24) is 0 Å². The fourth-order valence-electron chi connectivity index (χ4n) is 0.367. The number of carbonyl (C=O) groups is 1. The third-order valence-electron chi connectivity index (χ3n) is 0.942. The summed E-state index contributed by atoms with van der Waals surface area (Å²) < 4.78 is 4.76. The molecule has 4 heteroatoms. The van der Waals surface area contributed by atoms with Crippen molar-refractivity contribution in [2.75, 3.05) is 0 Å². The quantitative estimate of drug-likeness (QED) is 0.311. The molecule has 0 amide bonds. The Hall–Kier alpha value is 0.760. The number of hydrogen-bond acceptors (Lipinski definition) is 2. The van der Waals surface area contributed by atoms with Crippen LogP contribution in [-0.2, 0) is 9.53 Å². The van der Waals surface area contributed by atoms with Gasteiger partial charge in [-0.2, -0.15) is 0 Å². The standard InChI is InChI=1S/C6H12O2.ClH.Na/c1-4-5(2)8-6(3)7;;/h5H,4H2,1-3H3;1H;/q;;+1/p-1. The van der Waals surface area contributed by atoms with Crippen LogP contribution in [0.3, 0.4) is 0 Å². The van der Waals surface area contributed by atoms with E-state index in [-0.39, 0.29) is 54.0 Å². The zero-order valence-electron chi connectivity index (χ0n) is 6.98. The predicted octanol–water partition coefficient (Wildman–Crippen LogP) is -4.64. The molecule has 0 heterocycles. The first-order chi connectivity index (χ1) is 3.66. The maximum atomic E-state index is 10.2. The Kier molecular flexibility index (Phi) is 16.6. The molecule has 56 valence electrons. The predicted molar refractivity (Wildman–Crippen MR) is 31.5 cm³/mol. The molecule has 10 heavy (non-hydrogen) atoms. The molecule has 0 aromatic heterocycles. The van der Waals surface area contributed by atoms with Gasteiger partial charge in [0.25, 0.3) is 0 Å². The first-order valence-corrected chi connectivity index (χ1v) is 2.84. The smallest absolute Gasteiger partial charge is 1.00 e. The minimum absolute atomic E-state index is 0. The zero-order chi connectivity index (χ0) is 6.57. The Bertz CT molecular complexity index is 87.8.